The van der Waals surface area contributed by atoms with Crippen LogP contribution in [0.3, 0.4) is 0 Å². The Morgan fingerprint density at radius 1 is 0.935 bits per heavy atom. The van der Waals surface area contributed by atoms with Crippen LogP contribution in [0.5, 0.6) is 0 Å². The predicted octanol–water partition coefficient (Wildman–Crippen LogP) is 5.83. The van der Waals surface area contributed by atoms with E-state index in [1.165, 1.54) is 11.3 Å². The van der Waals surface area contributed by atoms with Crippen molar-refractivity contribution in [3.63, 3.8) is 0 Å². The maximum atomic E-state index is 13.1. The lowest BCUT2D eigenvalue weighted by molar-refractivity contribution is 0.0978. The van der Waals surface area contributed by atoms with Gasteiger partial charge in [0.05, 0.1) is 25.9 Å². The van der Waals surface area contributed by atoms with E-state index >= 15 is 0 Å². The topological polar surface area (TPSA) is 64.1 Å². The van der Waals surface area contributed by atoms with Gasteiger partial charge in [-0.05, 0) is 37.6 Å². The number of ketones is 1. The maximum Gasteiger partial charge on any atom is 0.179 e. The molecule has 4 aromatic rings. The minimum Gasteiger partial charge on any atom is -0.294 e. The predicted molar refractivity (Wildman–Crippen MR) is 126 cm³/mol. The lowest BCUT2D eigenvalue weighted by atomic mass is 10.0. The third-order valence-electron chi connectivity index (χ3n) is 5.28. The van der Waals surface area contributed by atoms with E-state index in [9.17, 15) is 13.2 Å². The zero-order chi connectivity index (χ0) is 21.8. The summed E-state index contributed by atoms with van der Waals surface area (Å²) in [4.78, 5) is 17.7. The van der Waals surface area contributed by atoms with Gasteiger partial charge in [-0.2, -0.15) is 0 Å². The SMILES string of the molecule is Cc1ccc(S(=O)(=O)CC(CCC(=O)c2ccccc2)c2nc3ccccc3s2)cc1. The zero-order valence-corrected chi connectivity index (χ0v) is 18.8. The van der Waals surface area contributed by atoms with Crippen molar-refractivity contribution < 1.29 is 13.2 Å². The number of sulfone groups is 1. The molecule has 0 saturated carbocycles. The molecular weight excluding hydrogens is 426 g/mol. The van der Waals surface area contributed by atoms with Gasteiger partial charge in [0.2, 0.25) is 0 Å². The molecule has 0 aliphatic rings. The highest BCUT2D eigenvalue weighted by Gasteiger charge is 2.26. The molecule has 4 nitrogen and oxygen atoms in total. The number of para-hydroxylation sites is 1. The standard InChI is InChI=1S/C25H23NO3S2/c1-18-11-14-21(15-12-18)31(28,29)17-20(13-16-23(27)19-7-3-2-4-8-19)25-26-22-9-5-6-10-24(22)30-25/h2-12,14-15,20H,13,16-17H2,1H3. The second kappa shape index (κ2) is 9.12. The molecule has 0 N–H and O–H groups in total. The Hall–Kier alpha value is -2.83. The lowest BCUT2D eigenvalue weighted by Gasteiger charge is -2.15. The number of fused-ring (bicyclic) bond motifs is 1. The van der Waals surface area contributed by atoms with Crippen LogP contribution in [0.15, 0.2) is 83.8 Å². The van der Waals surface area contributed by atoms with Gasteiger partial charge in [0, 0.05) is 17.9 Å². The summed E-state index contributed by atoms with van der Waals surface area (Å²) >= 11 is 1.50. The fourth-order valence-electron chi connectivity index (χ4n) is 3.52. The minimum atomic E-state index is -3.52. The van der Waals surface area contributed by atoms with Crippen molar-refractivity contribution in [3.8, 4) is 0 Å². The van der Waals surface area contributed by atoms with E-state index in [2.05, 4.69) is 0 Å². The lowest BCUT2D eigenvalue weighted by Crippen LogP contribution is -2.16. The molecule has 1 heterocycles. The van der Waals surface area contributed by atoms with Crippen LogP contribution < -0.4 is 0 Å². The first-order valence-corrected chi connectivity index (χ1v) is 12.6. The van der Waals surface area contributed by atoms with E-state index in [1.54, 1.807) is 36.4 Å². The summed E-state index contributed by atoms with van der Waals surface area (Å²) in [6, 6.07) is 23.8. The molecule has 0 saturated heterocycles. The smallest absolute Gasteiger partial charge is 0.179 e. The van der Waals surface area contributed by atoms with Gasteiger partial charge in [-0.3, -0.25) is 4.79 Å². The highest BCUT2D eigenvalue weighted by atomic mass is 32.2. The van der Waals surface area contributed by atoms with Crippen molar-refractivity contribution in [1.82, 2.24) is 4.98 Å². The Morgan fingerprint density at radius 3 is 2.32 bits per heavy atom. The first-order valence-electron chi connectivity index (χ1n) is 10.2. The molecule has 1 atom stereocenters. The summed E-state index contributed by atoms with van der Waals surface area (Å²) in [5.41, 5.74) is 2.51. The number of carbonyl (C=O) groups excluding carboxylic acids is 1. The van der Waals surface area contributed by atoms with Crippen LogP contribution in [0.4, 0.5) is 0 Å². The first kappa shape index (κ1) is 21.4. The van der Waals surface area contributed by atoms with Crippen LogP contribution in [-0.4, -0.2) is 24.9 Å². The third kappa shape index (κ3) is 5.09. The van der Waals surface area contributed by atoms with Crippen molar-refractivity contribution in [2.75, 3.05) is 5.75 Å². The van der Waals surface area contributed by atoms with Crippen molar-refractivity contribution in [2.45, 2.75) is 30.6 Å². The molecule has 3 aromatic carbocycles. The minimum absolute atomic E-state index is 0.0134. The highest BCUT2D eigenvalue weighted by Crippen LogP contribution is 2.33. The van der Waals surface area contributed by atoms with Crippen LogP contribution in [0.2, 0.25) is 0 Å². The van der Waals surface area contributed by atoms with Gasteiger partial charge in [0.1, 0.15) is 0 Å². The molecule has 1 unspecified atom stereocenters. The van der Waals surface area contributed by atoms with Crippen molar-refractivity contribution in [3.05, 3.63) is 95.0 Å². The van der Waals surface area contributed by atoms with E-state index in [4.69, 9.17) is 4.98 Å². The second-order valence-electron chi connectivity index (χ2n) is 7.64. The molecular formula is C25H23NO3S2. The van der Waals surface area contributed by atoms with Gasteiger partial charge in [-0.1, -0.05) is 60.2 Å². The number of thiazole rings is 1. The molecule has 158 valence electrons. The van der Waals surface area contributed by atoms with Gasteiger partial charge in [0.15, 0.2) is 15.6 Å². The number of aryl methyl sites for hydroxylation is 1. The van der Waals surface area contributed by atoms with Crippen molar-refractivity contribution in [1.29, 1.82) is 0 Å². The van der Waals surface area contributed by atoms with E-state index in [0.717, 1.165) is 20.8 Å². The number of carbonyl (C=O) groups is 1. The van der Waals surface area contributed by atoms with E-state index in [-0.39, 0.29) is 23.9 Å². The number of hydrogen-bond donors (Lipinski definition) is 0. The van der Waals surface area contributed by atoms with Crippen molar-refractivity contribution in [2.24, 2.45) is 0 Å². The Morgan fingerprint density at radius 2 is 1.61 bits per heavy atom. The number of rotatable bonds is 8. The zero-order valence-electron chi connectivity index (χ0n) is 17.2. The fraction of sp³-hybridized carbons (Fsp3) is 0.200. The molecule has 0 amide bonds. The molecule has 1 aromatic heterocycles. The molecule has 4 rings (SSSR count). The van der Waals surface area contributed by atoms with Crippen LogP contribution in [0, 0.1) is 6.92 Å². The number of aromatic nitrogens is 1. The molecule has 0 aliphatic heterocycles. The van der Waals surface area contributed by atoms with Gasteiger partial charge < -0.3 is 0 Å². The van der Waals surface area contributed by atoms with Gasteiger partial charge in [-0.25, -0.2) is 13.4 Å². The summed E-state index contributed by atoms with van der Waals surface area (Å²) in [7, 11) is -3.52. The number of hydrogen-bond acceptors (Lipinski definition) is 5. The summed E-state index contributed by atoms with van der Waals surface area (Å²) < 4.78 is 27.3. The first-order chi connectivity index (χ1) is 14.9. The second-order valence-corrected chi connectivity index (χ2v) is 10.7. The fourth-order valence-corrected chi connectivity index (χ4v) is 6.33. The Labute approximate surface area is 186 Å². The van der Waals surface area contributed by atoms with Crippen LogP contribution in [0.1, 0.15) is 39.7 Å². The molecule has 31 heavy (non-hydrogen) atoms. The van der Waals surface area contributed by atoms with Gasteiger partial charge in [0.25, 0.3) is 0 Å². The summed E-state index contributed by atoms with van der Waals surface area (Å²) in [5, 5.41) is 0.762. The Kier molecular flexibility index (Phi) is 6.30. The highest BCUT2D eigenvalue weighted by molar-refractivity contribution is 7.91. The average Bonchev–Trinajstić information content (AvgIpc) is 3.21. The monoisotopic (exact) mass is 449 g/mol. The summed E-state index contributed by atoms with van der Waals surface area (Å²) in [5.74, 6) is -0.409. The summed E-state index contributed by atoms with van der Waals surface area (Å²) in [6.07, 6.45) is 0.701. The number of Topliss-reactive ketones (excluding diaryl/α,β-unsaturated/α-hetero) is 1. The van der Waals surface area contributed by atoms with Crippen LogP contribution >= 0.6 is 11.3 Å². The van der Waals surface area contributed by atoms with Crippen LogP contribution in [-0.2, 0) is 9.84 Å². The largest absolute Gasteiger partial charge is 0.294 e. The molecule has 0 fully saturated rings. The van der Waals surface area contributed by atoms with Gasteiger partial charge in [-0.15, -0.1) is 11.3 Å². The average molecular weight is 450 g/mol. The van der Waals surface area contributed by atoms with Crippen LogP contribution in [0.25, 0.3) is 10.2 Å². The Balaban J connectivity index is 1.61. The normalized spacial score (nSPS) is 12.7. The molecule has 0 aliphatic carbocycles. The van der Waals surface area contributed by atoms with E-state index in [1.807, 2.05) is 49.4 Å². The number of nitrogens with zero attached hydrogens (tertiary/aromatic N) is 1. The summed E-state index contributed by atoms with van der Waals surface area (Å²) in [6.45, 7) is 1.93. The quantitative estimate of drug-likeness (QED) is 0.318. The molecule has 0 radical (unpaired) electrons. The van der Waals surface area contributed by atoms with Crippen molar-refractivity contribution >= 4 is 37.2 Å². The van der Waals surface area contributed by atoms with Gasteiger partial charge >= 0.3 is 0 Å². The van der Waals surface area contributed by atoms with E-state index in [0.29, 0.717) is 16.9 Å². The van der Waals surface area contributed by atoms with E-state index < -0.39 is 9.84 Å². The third-order valence-corrected chi connectivity index (χ3v) is 8.31. The maximum absolute atomic E-state index is 13.1. The molecule has 6 heteroatoms. The molecule has 0 bridgehead atoms. The Bertz CT molecular complexity index is 1260. The molecule has 0 spiro atoms. The number of benzene rings is 3.